The number of esters is 1. The number of imidazole rings is 1. The van der Waals surface area contributed by atoms with Gasteiger partial charge in [-0.3, -0.25) is 4.79 Å². The molecule has 1 aliphatic heterocycles. The van der Waals surface area contributed by atoms with E-state index < -0.39 is 6.10 Å². The van der Waals surface area contributed by atoms with Gasteiger partial charge in [-0.2, -0.15) is 0 Å². The molecule has 0 aliphatic carbocycles. The lowest BCUT2D eigenvalue weighted by Crippen LogP contribution is -2.33. The van der Waals surface area contributed by atoms with Gasteiger partial charge in [0.05, 0.1) is 23.9 Å². The molecule has 1 fully saturated rings. The molecular weight excluding hydrogens is 485 g/mol. The maximum absolute atomic E-state index is 13.9. The number of nitrogens with one attached hydrogen (secondary N) is 1. The summed E-state index contributed by atoms with van der Waals surface area (Å²) in [5.74, 6) is 0.624. The number of carbonyl (C=O) groups excluding carboxylic acids is 1. The van der Waals surface area contributed by atoms with Crippen molar-refractivity contribution in [2.75, 3.05) is 5.32 Å². The quantitative estimate of drug-likeness (QED) is 0.300. The van der Waals surface area contributed by atoms with Crippen LogP contribution in [0.3, 0.4) is 0 Å². The number of halogens is 1. The standard InChI is InChI=1S/C29H30FN5O3/c1-18(2)28-34-26(24-12-14-31-29(33-24)32-21-6-4-3-5-7-21)27(19-8-10-20(30)11-9-19)35(28)15-13-23-16-22(36)17-25(37)38-23/h3-12,14,18,22-23,36H,13,15-17H2,1-2H3,(H,31,32,33)/t22-,23-/m1/s1. The molecule has 1 aliphatic rings. The Hall–Kier alpha value is -4.11. The fourth-order valence-electron chi connectivity index (χ4n) is 4.73. The molecule has 2 atom stereocenters. The van der Waals surface area contributed by atoms with Gasteiger partial charge in [-0.05, 0) is 42.5 Å². The number of aliphatic hydroxyl groups is 1. The Labute approximate surface area is 220 Å². The van der Waals surface area contributed by atoms with E-state index in [9.17, 15) is 14.3 Å². The Kier molecular flexibility index (Phi) is 7.46. The highest BCUT2D eigenvalue weighted by Crippen LogP contribution is 2.35. The number of aromatic nitrogens is 4. The number of anilines is 2. The average Bonchev–Trinajstić information content (AvgIpc) is 3.28. The van der Waals surface area contributed by atoms with E-state index in [0.29, 0.717) is 36.7 Å². The maximum Gasteiger partial charge on any atom is 0.308 e. The van der Waals surface area contributed by atoms with Gasteiger partial charge < -0.3 is 19.7 Å². The van der Waals surface area contributed by atoms with E-state index in [4.69, 9.17) is 14.7 Å². The zero-order valence-corrected chi connectivity index (χ0v) is 21.3. The summed E-state index contributed by atoms with van der Waals surface area (Å²) in [6.45, 7) is 4.62. The highest BCUT2D eigenvalue weighted by atomic mass is 19.1. The van der Waals surface area contributed by atoms with Crippen molar-refractivity contribution in [3.05, 3.63) is 78.5 Å². The Morgan fingerprint density at radius 3 is 2.58 bits per heavy atom. The molecule has 9 heteroatoms. The molecule has 0 radical (unpaired) electrons. The van der Waals surface area contributed by atoms with E-state index >= 15 is 0 Å². The predicted octanol–water partition coefficient (Wildman–Crippen LogP) is 5.47. The summed E-state index contributed by atoms with van der Waals surface area (Å²) in [7, 11) is 0. The van der Waals surface area contributed by atoms with Gasteiger partial charge in [-0.25, -0.2) is 19.3 Å². The third-order valence-electron chi connectivity index (χ3n) is 6.47. The number of hydrogen-bond donors (Lipinski definition) is 2. The van der Waals surface area contributed by atoms with E-state index in [0.717, 1.165) is 22.8 Å². The molecular formula is C29H30FN5O3. The number of cyclic esters (lactones) is 1. The molecule has 0 saturated carbocycles. The lowest BCUT2D eigenvalue weighted by atomic mass is 10.0. The molecule has 1 saturated heterocycles. The molecule has 8 nitrogen and oxygen atoms in total. The third kappa shape index (κ3) is 5.73. The molecule has 2 aromatic heterocycles. The van der Waals surface area contributed by atoms with Gasteiger partial charge in [0, 0.05) is 42.8 Å². The molecule has 0 bridgehead atoms. The lowest BCUT2D eigenvalue weighted by Gasteiger charge is -2.26. The first-order valence-corrected chi connectivity index (χ1v) is 12.8. The normalized spacial score (nSPS) is 17.4. The third-order valence-corrected chi connectivity index (χ3v) is 6.47. The van der Waals surface area contributed by atoms with Crippen molar-refractivity contribution in [1.29, 1.82) is 0 Å². The Balaban J connectivity index is 1.56. The first kappa shape index (κ1) is 25.5. The largest absolute Gasteiger partial charge is 0.462 e. The number of hydrogen-bond acceptors (Lipinski definition) is 7. The highest BCUT2D eigenvalue weighted by molar-refractivity contribution is 5.78. The fraction of sp³-hybridized carbons (Fsp3) is 0.310. The summed E-state index contributed by atoms with van der Waals surface area (Å²) in [4.78, 5) is 26.0. The second kappa shape index (κ2) is 11.1. The summed E-state index contributed by atoms with van der Waals surface area (Å²) in [6, 6.07) is 17.8. The van der Waals surface area contributed by atoms with Gasteiger partial charge in [0.15, 0.2) is 0 Å². The van der Waals surface area contributed by atoms with Crippen molar-refractivity contribution in [2.24, 2.45) is 0 Å². The van der Waals surface area contributed by atoms with Crippen LogP contribution in [0, 0.1) is 5.82 Å². The first-order chi connectivity index (χ1) is 18.4. The molecule has 5 rings (SSSR count). The summed E-state index contributed by atoms with van der Waals surface area (Å²) in [6.07, 6.45) is 1.53. The first-order valence-electron chi connectivity index (χ1n) is 12.8. The Morgan fingerprint density at radius 1 is 1.11 bits per heavy atom. The summed E-state index contributed by atoms with van der Waals surface area (Å²) in [5.41, 5.74) is 3.72. The van der Waals surface area contributed by atoms with Crippen LogP contribution in [-0.4, -0.2) is 42.8 Å². The molecule has 2 N–H and O–H groups in total. The monoisotopic (exact) mass is 515 g/mol. The van der Waals surface area contributed by atoms with Crippen LogP contribution in [-0.2, 0) is 16.1 Å². The Morgan fingerprint density at radius 2 is 1.87 bits per heavy atom. The van der Waals surface area contributed by atoms with Crippen LogP contribution in [0.15, 0.2) is 66.9 Å². The minimum atomic E-state index is -0.697. The van der Waals surface area contributed by atoms with Gasteiger partial charge in [0.25, 0.3) is 0 Å². The van der Waals surface area contributed by atoms with Crippen LogP contribution in [0.25, 0.3) is 22.6 Å². The maximum atomic E-state index is 13.9. The zero-order chi connectivity index (χ0) is 26.6. The second-order valence-corrected chi connectivity index (χ2v) is 9.73. The summed E-state index contributed by atoms with van der Waals surface area (Å²) >= 11 is 0. The van der Waals surface area contributed by atoms with Crippen molar-refractivity contribution in [3.63, 3.8) is 0 Å². The van der Waals surface area contributed by atoms with Gasteiger partial charge in [-0.1, -0.05) is 32.0 Å². The smallest absolute Gasteiger partial charge is 0.308 e. The van der Waals surface area contributed by atoms with Crippen molar-refractivity contribution >= 4 is 17.6 Å². The molecule has 4 aromatic rings. The highest BCUT2D eigenvalue weighted by Gasteiger charge is 2.29. The van der Waals surface area contributed by atoms with E-state index in [2.05, 4.69) is 28.7 Å². The number of ether oxygens (including phenoxy) is 1. The second-order valence-electron chi connectivity index (χ2n) is 9.73. The topological polar surface area (TPSA) is 102 Å². The molecule has 0 spiro atoms. The molecule has 38 heavy (non-hydrogen) atoms. The van der Waals surface area contributed by atoms with Crippen LogP contribution >= 0.6 is 0 Å². The van der Waals surface area contributed by atoms with Crippen molar-refractivity contribution in [2.45, 2.75) is 57.8 Å². The average molecular weight is 516 g/mol. The van der Waals surface area contributed by atoms with E-state index in [1.165, 1.54) is 12.1 Å². The van der Waals surface area contributed by atoms with Crippen molar-refractivity contribution in [1.82, 2.24) is 19.5 Å². The fourth-order valence-corrected chi connectivity index (χ4v) is 4.73. The summed E-state index contributed by atoms with van der Waals surface area (Å²) < 4.78 is 21.4. The SMILES string of the molecule is CC(C)c1nc(-c2ccnc(Nc3ccccc3)n2)c(-c2ccc(F)cc2)n1CC[C@@H]1C[C@@H](O)CC(=O)O1. The van der Waals surface area contributed by atoms with Crippen LogP contribution < -0.4 is 5.32 Å². The molecule has 3 heterocycles. The van der Waals surface area contributed by atoms with E-state index in [1.54, 1.807) is 24.4 Å². The molecule has 0 unspecified atom stereocenters. The number of para-hydroxylation sites is 1. The van der Waals surface area contributed by atoms with Crippen LogP contribution in [0.2, 0.25) is 0 Å². The molecule has 0 amide bonds. The van der Waals surface area contributed by atoms with Crippen LogP contribution in [0.4, 0.5) is 16.0 Å². The summed E-state index contributed by atoms with van der Waals surface area (Å²) in [5, 5.41) is 13.3. The molecule has 196 valence electrons. The zero-order valence-electron chi connectivity index (χ0n) is 21.3. The number of carbonyl (C=O) groups is 1. The minimum absolute atomic E-state index is 0.0247. The van der Waals surface area contributed by atoms with Crippen molar-refractivity contribution in [3.8, 4) is 22.6 Å². The number of rotatable bonds is 8. The van der Waals surface area contributed by atoms with E-state index in [-0.39, 0.29) is 30.2 Å². The van der Waals surface area contributed by atoms with E-state index in [1.807, 2.05) is 30.3 Å². The molecule has 2 aromatic carbocycles. The Bertz CT molecular complexity index is 1410. The predicted molar refractivity (Wildman–Crippen MR) is 142 cm³/mol. The number of nitrogens with zero attached hydrogens (tertiary/aromatic N) is 4. The number of aliphatic hydroxyl groups excluding tert-OH is 1. The number of benzene rings is 2. The van der Waals surface area contributed by atoms with Crippen molar-refractivity contribution < 1.29 is 19.0 Å². The van der Waals surface area contributed by atoms with Gasteiger partial charge in [0.1, 0.15) is 23.4 Å². The van der Waals surface area contributed by atoms with Crippen LogP contribution in [0.5, 0.6) is 0 Å². The minimum Gasteiger partial charge on any atom is -0.462 e. The lowest BCUT2D eigenvalue weighted by molar-refractivity contribution is -0.160. The van der Waals surface area contributed by atoms with Crippen LogP contribution in [0.1, 0.15) is 44.9 Å². The van der Waals surface area contributed by atoms with Gasteiger partial charge in [0.2, 0.25) is 5.95 Å². The van der Waals surface area contributed by atoms with Gasteiger partial charge in [-0.15, -0.1) is 0 Å². The van der Waals surface area contributed by atoms with Gasteiger partial charge >= 0.3 is 5.97 Å².